The largest absolute Gasteiger partial charge is 0.466 e. The van der Waals surface area contributed by atoms with Crippen LogP contribution in [0.3, 0.4) is 0 Å². The van der Waals surface area contributed by atoms with Crippen LogP contribution in [-0.2, 0) is 52.5 Å². The normalized spacial score (nSPS) is 48.1. The molecule has 0 aromatic heterocycles. The second-order valence-corrected chi connectivity index (χ2v) is 17.5. The third-order valence-corrected chi connectivity index (χ3v) is 15.5. The van der Waals surface area contributed by atoms with Crippen LogP contribution in [0.2, 0.25) is 0 Å². The Labute approximate surface area is 311 Å². The number of hydrogen-bond acceptors (Lipinski definition) is 14. The third kappa shape index (κ3) is 4.21. The van der Waals surface area contributed by atoms with Crippen LogP contribution in [0.15, 0.2) is 45.1 Å². The second-order valence-electron chi connectivity index (χ2n) is 17.5. The number of carbonyl (C=O) groups excluding carboxylic acids is 5. The Morgan fingerprint density at radius 3 is 2.35 bits per heavy atom. The molecule has 9 rings (SSSR count). The quantitative estimate of drug-likeness (QED) is 0.0928. The van der Waals surface area contributed by atoms with Crippen molar-refractivity contribution in [2.45, 2.75) is 89.1 Å². The van der Waals surface area contributed by atoms with E-state index >= 15 is 0 Å². The van der Waals surface area contributed by atoms with Gasteiger partial charge in [0.2, 0.25) is 0 Å². The van der Waals surface area contributed by atoms with Gasteiger partial charge < -0.3 is 33.9 Å². The topological polar surface area (TPSA) is 201 Å². The minimum absolute atomic E-state index is 0.0237. The van der Waals surface area contributed by atoms with E-state index in [-0.39, 0.29) is 92.5 Å². The predicted octanol–water partition coefficient (Wildman–Crippen LogP) is 2.46. The number of Topliss-reactive ketones (excluding diaryl/α,β-unsaturated/α-hetero) is 1. The molecule has 0 aromatic rings. The predicted molar refractivity (Wildman–Crippen MR) is 181 cm³/mol. The molecule has 290 valence electrons. The van der Waals surface area contributed by atoms with Gasteiger partial charge in [-0.3, -0.25) is 19.6 Å². The van der Waals surface area contributed by atoms with E-state index in [1.54, 1.807) is 0 Å². The Bertz CT molecular complexity index is 1960. The first-order valence-corrected chi connectivity index (χ1v) is 18.9. The van der Waals surface area contributed by atoms with Crippen LogP contribution in [-0.4, -0.2) is 102 Å². The second kappa shape index (κ2) is 11.4. The molecule has 5 saturated carbocycles. The van der Waals surface area contributed by atoms with Crippen molar-refractivity contribution in [2.75, 3.05) is 33.5 Å². The highest BCUT2D eigenvalue weighted by Crippen LogP contribution is 2.84. The summed E-state index contributed by atoms with van der Waals surface area (Å²) in [6.07, 6.45) is 1.05. The summed E-state index contributed by atoms with van der Waals surface area (Å²) in [5, 5.41) is 35.9. The summed E-state index contributed by atoms with van der Waals surface area (Å²) in [7, 11) is 1.21. The third-order valence-electron chi connectivity index (χ3n) is 15.5. The van der Waals surface area contributed by atoms with Crippen molar-refractivity contribution in [1.29, 1.82) is 0 Å². The first-order chi connectivity index (χ1) is 25.6. The zero-order valence-corrected chi connectivity index (χ0v) is 31.0. The molecular weight excluding hydrogens is 704 g/mol. The summed E-state index contributed by atoms with van der Waals surface area (Å²) >= 11 is 0. The molecule has 2 bridgehead atoms. The van der Waals surface area contributed by atoms with Crippen molar-refractivity contribution >= 4 is 29.7 Å². The minimum Gasteiger partial charge on any atom is -0.466 e. The van der Waals surface area contributed by atoms with Crippen molar-refractivity contribution in [3.8, 4) is 0 Å². The highest BCUT2D eigenvalue weighted by molar-refractivity contribution is 6.12. The van der Waals surface area contributed by atoms with E-state index in [0.717, 1.165) is 0 Å². The number of rotatable bonds is 2. The van der Waals surface area contributed by atoms with Gasteiger partial charge in [-0.2, -0.15) is 0 Å². The number of carbonyl (C=O) groups is 5. The molecule has 0 aromatic carbocycles. The van der Waals surface area contributed by atoms with Gasteiger partial charge in [0.1, 0.15) is 42.7 Å². The number of ether oxygens (including phenoxy) is 5. The summed E-state index contributed by atoms with van der Waals surface area (Å²) in [6, 6.07) is 0. The molecule has 12 atom stereocenters. The van der Waals surface area contributed by atoms with Gasteiger partial charge in [-0.05, 0) is 91.4 Å². The maximum Gasteiger partial charge on any atom is 0.334 e. The van der Waals surface area contributed by atoms with Gasteiger partial charge in [0, 0.05) is 39.5 Å². The summed E-state index contributed by atoms with van der Waals surface area (Å²) in [6.45, 7) is 6.20. The van der Waals surface area contributed by atoms with Gasteiger partial charge in [0.15, 0.2) is 5.78 Å². The summed E-state index contributed by atoms with van der Waals surface area (Å²) in [5.41, 5.74) is -3.84. The molecule has 2 heterocycles. The maximum absolute atomic E-state index is 14.7. The van der Waals surface area contributed by atoms with E-state index < -0.39 is 75.2 Å². The van der Waals surface area contributed by atoms with Crippen molar-refractivity contribution in [3.05, 3.63) is 45.1 Å². The first kappa shape index (κ1) is 36.0. The Kier molecular flexibility index (Phi) is 7.62. The molecule has 14 heteroatoms. The van der Waals surface area contributed by atoms with Crippen LogP contribution < -0.4 is 0 Å². The number of hydrogen-bond donors (Lipinski definition) is 3. The van der Waals surface area contributed by atoms with Crippen LogP contribution in [0.4, 0.5) is 0 Å². The highest BCUT2D eigenvalue weighted by Gasteiger charge is 2.86. The lowest BCUT2D eigenvalue weighted by molar-refractivity contribution is -0.330. The zero-order chi connectivity index (χ0) is 38.5. The average Bonchev–Trinajstić information content (AvgIpc) is 4.08. The Hall–Kier alpha value is -3.69. The zero-order valence-electron chi connectivity index (χ0n) is 31.0. The molecule has 5 fully saturated rings. The van der Waals surface area contributed by atoms with E-state index in [1.807, 2.05) is 6.92 Å². The Morgan fingerprint density at radius 1 is 0.944 bits per heavy atom. The molecule has 2 aliphatic heterocycles. The van der Waals surface area contributed by atoms with Gasteiger partial charge in [0.05, 0.1) is 26.6 Å². The van der Waals surface area contributed by atoms with Crippen LogP contribution in [0, 0.1) is 46.3 Å². The standard InChI is InChI=1S/C40H46O14/c1-17-8-9-50-27(41)6-7-28(42)51-14-19-15-53-40-20(19)12-25-36(3,21-10-23(21)38(25,47)16-52-34(17)45)26(40)13-39(54-48)24-11-22(24)37(4)32(39)30(40)29(31(43)33(37)44)18(2)35(46)49-5/h8,21-26,33,44,47-48H,6-7,9-16H2,1-5H3/b17-8+,29-18-/t21-,22-,23+,24+,25-,26?,33+,36+,37+,38+,39+,40+/m1/s1. The molecular formula is C40H46O14. The number of aliphatic hydroxyl groups is 2. The molecule has 0 amide bonds. The fourth-order valence-electron chi connectivity index (χ4n) is 12.9. The van der Waals surface area contributed by atoms with Crippen molar-refractivity contribution < 1.29 is 68.0 Å². The van der Waals surface area contributed by atoms with Crippen molar-refractivity contribution in [2.24, 2.45) is 46.3 Å². The lowest BCUT2D eigenvalue weighted by atomic mass is 9.43. The maximum atomic E-state index is 14.7. The lowest BCUT2D eigenvalue weighted by Gasteiger charge is -2.64. The monoisotopic (exact) mass is 750 g/mol. The van der Waals surface area contributed by atoms with Gasteiger partial charge in [0.25, 0.3) is 0 Å². The van der Waals surface area contributed by atoms with Crippen molar-refractivity contribution in [3.63, 3.8) is 0 Å². The van der Waals surface area contributed by atoms with Crippen LogP contribution in [0.25, 0.3) is 0 Å². The van der Waals surface area contributed by atoms with Crippen LogP contribution in [0.1, 0.15) is 66.2 Å². The molecule has 0 radical (unpaired) electrons. The number of methoxy groups -OCH3 is 1. The van der Waals surface area contributed by atoms with E-state index in [4.69, 9.17) is 28.6 Å². The number of ketones is 1. The lowest BCUT2D eigenvalue weighted by Crippen LogP contribution is -2.67. The molecule has 0 saturated heterocycles. The SMILES string of the molecule is COC(=O)/C(C)=C1\C(=O)[C@H](O)[C@]2(C)C3=C1[C@]14OCC5=C1C[C@H]1[C@](O)(COC(=O)/C(C)=C/COC(=O)CCC(=O)OC5)[C@H]5C[C@H]5[C@]1(C)C4C[C@]3(OO)[C@H]1C[C@H]12. The number of aliphatic hydroxyl groups excluding tert-OH is 1. The van der Waals surface area contributed by atoms with E-state index in [2.05, 4.69) is 6.92 Å². The summed E-state index contributed by atoms with van der Waals surface area (Å²) in [4.78, 5) is 72.4. The summed E-state index contributed by atoms with van der Waals surface area (Å²) < 4.78 is 29.0. The molecule has 54 heavy (non-hydrogen) atoms. The van der Waals surface area contributed by atoms with Gasteiger partial charge in [-0.15, -0.1) is 0 Å². The molecule has 9 aliphatic rings. The molecule has 3 N–H and O–H groups in total. The van der Waals surface area contributed by atoms with Crippen LogP contribution >= 0.6 is 0 Å². The molecule has 7 aliphatic carbocycles. The Morgan fingerprint density at radius 2 is 1.65 bits per heavy atom. The fourth-order valence-corrected chi connectivity index (χ4v) is 12.9. The molecule has 14 nitrogen and oxygen atoms in total. The molecule has 1 unspecified atom stereocenters. The smallest absolute Gasteiger partial charge is 0.334 e. The van der Waals surface area contributed by atoms with Gasteiger partial charge >= 0.3 is 23.9 Å². The fraction of sp³-hybridized carbons (Fsp3) is 0.675. The summed E-state index contributed by atoms with van der Waals surface area (Å²) in [5.74, 6) is -5.23. The van der Waals surface area contributed by atoms with E-state index in [9.17, 15) is 39.4 Å². The highest BCUT2D eigenvalue weighted by atomic mass is 17.1. The van der Waals surface area contributed by atoms with E-state index in [1.165, 1.54) is 27.0 Å². The number of fused-ring (bicyclic) bond motifs is 7. The number of esters is 4. The average molecular weight is 751 g/mol. The first-order valence-electron chi connectivity index (χ1n) is 18.9. The van der Waals surface area contributed by atoms with Gasteiger partial charge in [-0.1, -0.05) is 13.8 Å². The van der Waals surface area contributed by atoms with E-state index in [0.29, 0.717) is 35.1 Å². The number of cyclic esters (lactones) is 3. The minimum atomic E-state index is -1.54. The van der Waals surface area contributed by atoms with Crippen molar-refractivity contribution in [1.82, 2.24) is 0 Å². The van der Waals surface area contributed by atoms with Crippen LogP contribution in [0.5, 0.6) is 0 Å². The molecule has 1 spiro atoms. The Balaban J connectivity index is 1.29. The van der Waals surface area contributed by atoms with Gasteiger partial charge in [-0.25, -0.2) is 14.5 Å².